The molecule has 0 saturated heterocycles. The predicted octanol–water partition coefficient (Wildman–Crippen LogP) is 6.04. The number of thiophene rings is 1. The van der Waals surface area contributed by atoms with Crippen LogP contribution in [0.5, 0.6) is 0 Å². The molecule has 5 heteroatoms. The van der Waals surface area contributed by atoms with Gasteiger partial charge in [-0.2, -0.15) is 0 Å². The number of hydrogen-bond donors (Lipinski definition) is 0. The van der Waals surface area contributed by atoms with Crippen LogP contribution in [0.1, 0.15) is 67.2 Å². The molecule has 6 rings (SSSR count). The summed E-state index contributed by atoms with van der Waals surface area (Å²) in [7, 11) is 0. The predicted molar refractivity (Wildman–Crippen MR) is 137 cm³/mol. The van der Waals surface area contributed by atoms with Gasteiger partial charge in [0, 0.05) is 22.8 Å². The van der Waals surface area contributed by atoms with Crippen molar-refractivity contribution in [2.24, 2.45) is 23.2 Å². The average Bonchev–Trinajstić information content (AvgIpc) is 3.22. The summed E-state index contributed by atoms with van der Waals surface area (Å²) in [4.78, 5) is 34.0. The van der Waals surface area contributed by atoms with Crippen LogP contribution in [-0.4, -0.2) is 34.7 Å². The Bertz CT molecular complexity index is 979. The fourth-order valence-electron chi connectivity index (χ4n) is 7.29. The van der Waals surface area contributed by atoms with Gasteiger partial charge in [0.25, 0.3) is 0 Å². The van der Waals surface area contributed by atoms with Gasteiger partial charge in [-0.05, 0) is 87.3 Å². The van der Waals surface area contributed by atoms with Crippen LogP contribution in [0, 0.1) is 30.1 Å². The van der Waals surface area contributed by atoms with Gasteiger partial charge in [-0.15, -0.1) is 11.3 Å². The highest BCUT2D eigenvalue weighted by Gasteiger charge is 2.55. The number of carbonyl (C=O) groups excluding carboxylic acids is 2. The van der Waals surface area contributed by atoms with E-state index in [-0.39, 0.29) is 23.8 Å². The summed E-state index contributed by atoms with van der Waals surface area (Å²) in [5.74, 6) is 2.51. The van der Waals surface area contributed by atoms with E-state index in [4.69, 9.17) is 0 Å². The molecule has 4 bridgehead atoms. The fourth-order valence-corrected chi connectivity index (χ4v) is 8.19. The lowest BCUT2D eigenvalue weighted by Crippen LogP contribution is -2.56. The summed E-state index contributed by atoms with van der Waals surface area (Å²) < 4.78 is 0. The van der Waals surface area contributed by atoms with E-state index < -0.39 is 0 Å². The summed E-state index contributed by atoms with van der Waals surface area (Å²) in [5.41, 5.74) is 0.929. The van der Waals surface area contributed by atoms with Crippen molar-refractivity contribution in [2.75, 3.05) is 13.1 Å². The van der Waals surface area contributed by atoms with Gasteiger partial charge in [-0.25, -0.2) is 0 Å². The molecule has 0 aliphatic heterocycles. The average molecular weight is 479 g/mol. The first-order valence-electron chi connectivity index (χ1n) is 13.1. The molecule has 4 aliphatic carbocycles. The first-order chi connectivity index (χ1) is 16.4. The number of aryl methyl sites for hydroxylation is 1. The van der Waals surface area contributed by atoms with Gasteiger partial charge < -0.3 is 9.80 Å². The van der Waals surface area contributed by atoms with Crippen molar-refractivity contribution in [1.29, 1.82) is 0 Å². The molecule has 182 valence electrons. The van der Waals surface area contributed by atoms with E-state index in [1.54, 1.807) is 11.3 Å². The maximum Gasteiger partial charge on any atom is 0.242 e. The van der Waals surface area contributed by atoms with E-state index in [0.717, 1.165) is 49.0 Å². The van der Waals surface area contributed by atoms with Crippen molar-refractivity contribution in [3.63, 3.8) is 0 Å². The Kier molecular flexibility index (Phi) is 6.83. The van der Waals surface area contributed by atoms with E-state index >= 15 is 0 Å². The number of hydrogen-bond acceptors (Lipinski definition) is 3. The third-order valence-electron chi connectivity index (χ3n) is 8.31. The van der Waals surface area contributed by atoms with E-state index in [1.165, 1.54) is 29.0 Å². The first-order valence-corrected chi connectivity index (χ1v) is 13.9. The molecule has 4 saturated carbocycles. The van der Waals surface area contributed by atoms with E-state index in [9.17, 15) is 9.59 Å². The van der Waals surface area contributed by atoms with Gasteiger partial charge in [0.05, 0.1) is 18.5 Å². The Balaban J connectivity index is 1.33. The lowest BCUT2D eigenvalue weighted by atomic mass is 9.49. The van der Waals surface area contributed by atoms with Crippen molar-refractivity contribution >= 4 is 23.2 Å². The van der Waals surface area contributed by atoms with Crippen LogP contribution >= 0.6 is 11.3 Å². The van der Waals surface area contributed by atoms with Crippen LogP contribution in [0.2, 0.25) is 0 Å². The van der Waals surface area contributed by atoms with Crippen molar-refractivity contribution < 1.29 is 9.59 Å². The van der Waals surface area contributed by atoms with Crippen LogP contribution in [0.25, 0.3) is 0 Å². The van der Waals surface area contributed by atoms with E-state index in [1.807, 2.05) is 28.0 Å². The minimum atomic E-state index is -0.195. The second-order valence-corrected chi connectivity index (χ2v) is 12.5. The Hall–Kier alpha value is -2.14. The van der Waals surface area contributed by atoms with Gasteiger partial charge in [-0.1, -0.05) is 37.3 Å². The lowest BCUT2D eigenvalue weighted by Gasteiger charge is -2.56. The minimum Gasteiger partial charge on any atom is -0.333 e. The van der Waals surface area contributed by atoms with Gasteiger partial charge in [-0.3, -0.25) is 9.59 Å². The van der Waals surface area contributed by atoms with Gasteiger partial charge >= 0.3 is 0 Å². The van der Waals surface area contributed by atoms with Crippen molar-refractivity contribution in [3.05, 3.63) is 57.8 Å². The zero-order chi connectivity index (χ0) is 23.7. The van der Waals surface area contributed by atoms with Gasteiger partial charge in [0.1, 0.15) is 0 Å². The first kappa shape index (κ1) is 23.6. The molecule has 2 aromatic rings. The fraction of sp³-hybridized carbons (Fsp3) is 0.586. The maximum absolute atomic E-state index is 14.0. The molecule has 1 aromatic carbocycles. The van der Waals surface area contributed by atoms with Crippen LogP contribution in [0.4, 0.5) is 0 Å². The summed E-state index contributed by atoms with van der Waals surface area (Å²) >= 11 is 1.74. The topological polar surface area (TPSA) is 40.6 Å². The number of rotatable bonds is 9. The highest BCUT2D eigenvalue weighted by atomic mass is 32.1. The van der Waals surface area contributed by atoms with Crippen LogP contribution in [-0.2, 0) is 22.7 Å². The molecule has 0 atom stereocenters. The molecule has 0 N–H and O–H groups in total. The summed E-state index contributed by atoms with van der Waals surface area (Å²) in [6, 6.07) is 14.4. The highest BCUT2D eigenvalue weighted by molar-refractivity contribution is 7.11. The molecule has 4 nitrogen and oxygen atoms in total. The largest absolute Gasteiger partial charge is 0.333 e. The third kappa shape index (κ3) is 4.95. The third-order valence-corrected chi connectivity index (χ3v) is 9.30. The van der Waals surface area contributed by atoms with Crippen LogP contribution in [0.15, 0.2) is 42.5 Å². The lowest BCUT2D eigenvalue weighted by molar-refractivity contribution is -0.160. The Morgan fingerprint density at radius 1 is 0.912 bits per heavy atom. The number of amides is 2. The van der Waals surface area contributed by atoms with Crippen LogP contribution in [0.3, 0.4) is 0 Å². The molecule has 1 heterocycles. The molecule has 4 aliphatic rings. The van der Waals surface area contributed by atoms with Crippen molar-refractivity contribution in [2.45, 2.75) is 71.9 Å². The summed E-state index contributed by atoms with van der Waals surface area (Å²) in [6.07, 6.45) is 8.00. The second kappa shape index (κ2) is 9.85. The number of carbonyl (C=O) groups is 2. The normalized spacial score (nSPS) is 27.1. The zero-order valence-corrected chi connectivity index (χ0v) is 21.5. The Morgan fingerprint density at radius 3 is 2.12 bits per heavy atom. The quantitative estimate of drug-likeness (QED) is 0.441. The molecule has 0 unspecified atom stereocenters. The molecule has 4 fully saturated rings. The molecule has 0 spiro atoms. The molecular formula is C29H38N2O2S. The van der Waals surface area contributed by atoms with Crippen molar-refractivity contribution in [3.8, 4) is 0 Å². The summed E-state index contributed by atoms with van der Waals surface area (Å²) in [6.45, 7) is 6.25. The monoisotopic (exact) mass is 478 g/mol. The summed E-state index contributed by atoms with van der Waals surface area (Å²) in [5, 5.41) is 0. The highest BCUT2D eigenvalue weighted by Crippen LogP contribution is 2.60. The van der Waals surface area contributed by atoms with Crippen LogP contribution < -0.4 is 0 Å². The number of benzene rings is 1. The second-order valence-electron chi connectivity index (χ2n) is 11.2. The minimum absolute atomic E-state index is 0.0569. The Labute approximate surface area is 208 Å². The van der Waals surface area contributed by atoms with E-state index in [0.29, 0.717) is 19.6 Å². The number of nitrogens with zero attached hydrogens (tertiary/aromatic N) is 2. The van der Waals surface area contributed by atoms with Gasteiger partial charge in [0.2, 0.25) is 11.8 Å². The van der Waals surface area contributed by atoms with E-state index in [2.05, 4.69) is 38.1 Å². The van der Waals surface area contributed by atoms with Gasteiger partial charge in [0.15, 0.2) is 0 Å². The molecule has 1 aromatic heterocycles. The Morgan fingerprint density at radius 2 is 1.56 bits per heavy atom. The smallest absolute Gasteiger partial charge is 0.242 e. The SMILES string of the molecule is CCCN(CC(=O)N(Cc1ccccc1)Cc1ccc(C)s1)C(=O)C12CC3CC(CC(C3)C1)C2. The zero-order valence-electron chi connectivity index (χ0n) is 20.7. The van der Waals surface area contributed by atoms with Crippen molar-refractivity contribution in [1.82, 2.24) is 9.80 Å². The maximum atomic E-state index is 14.0. The molecule has 34 heavy (non-hydrogen) atoms. The molecule has 2 amide bonds. The standard InChI is InChI=1S/C29H38N2O2S/c1-3-11-30(28(33)29-15-23-12-24(16-29)14-25(13-23)17-29)20-27(32)31(18-22-7-5-4-6-8-22)19-26-10-9-21(2)34-26/h4-10,23-25H,3,11-20H2,1-2H3. The molecular weight excluding hydrogens is 440 g/mol. The molecule has 0 radical (unpaired) electrons.